The number of halogens is 2. The van der Waals surface area contributed by atoms with E-state index in [1.54, 1.807) is 0 Å². The quantitative estimate of drug-likeness (QED) is 0.754. The standard InChI is InChI=1S/C9H10F2N2O/c1-5-6(3-12)2-7(4-14)13-8(5)9(10)11/h2,4,9H,3,12H2,1H3. The summed E-state index contributed by atoms with van der Waals surface area (Å²) in [5.41, 5.74) is 5.86. The van der Waals surface area contributed by atoms with Gasteiger partial charge in [0.15, 0.2) is 6.29 Å². The molecule has 0 aromatic carbocycles. The summed E-state index contributed by atoms with van der Waals surface area (Å²) in [5.74, 6) is 0. The number of aldehydes is 1. The van der Waals surface area contributed by atoms with Crippen LogP contribution in [0.4, 0.5) is 8.78 Å². The van der Waals surface area contributed by atoms with Crippen LogP contribution >= 0.6 is 0 Å². The van der Waals surface area contributed by atoms with E-state index in [4.69, 9.17) is 5.73 Å². The van der Waals surface area contributed by atoms with Crippen molar-refractivity contribution < 1.29 is 13.6 Å². The van der Waals surface area contributed by atoms with Gasteiger partial charge in [0.1, 0.15) is 11.4 Å². The van der Waals surface area contributed by atoms with Gasteiger partial charge in [-0.25, -0.2) is 13.8 Å². The van der Waals surface area contributed by atoms with Gasteiger partial charge < -0.3 is 5.73 Å². The second-order valence-electron chi connectivity index (χ2n) is 2.84. The first-order chi connectivity index (χ1) is 6.60. The summed E-state index contributed by atoms with van der Waals surface area (Å²) >= 11 is 0. The lowest BCUT2D eigenvalue weighted by atomic mass is 10.1. The average Bonchev–Trinajstić information content (AvgIpc) is 2.17. The van der Waals surface area contributed by atoms with E-state index in [2.05, 4.69) is 4.98 Å². The van der Waals surface area contributed by atoms with Crippen molar-refractivity contribution in [2.45, 2.75) is 19.9 Å². The zero-order chi connectivity index (χ0) is 10.7. The van der Waals surface area contributed by atoms with Gasteiger partial charge in [-0.3, -0.25) is 4.79 Å². The smallest absolute Gasteiger partial charge is 0.280 e. The van der Waals surface area contributed by atoms with Crippen molar-refractivity contribution in [1.29, 1.82) is 0 Å². The highest BCUT2D eigenvalue weighted by atomic mass is 19.3. The van der Waals surface area contributed by atoms with Crippen LogP contribution < -0.4 is 5.73 Å². The molecule has 3 nitrogen and oxygen atoms in total. The van der Waals surface area contributed by atoms with E-state index in [1.165, 1.54) is 13.0 Å². The average molecular weight is 200 g/mol. The highest BCUT2D eigenvalue weighted by molar-refractivity contribution is 5.72. The summed E-state index contributed by atoms with van der Waals surface area (Å²) in [6.07, 6.45) is -2.25. The highest BCUT2D eigenvalue weighted by Crippen LogP contribution is 2.23. The first kappa shape index (κ1) is 10.7. The zero-order valence-electron chi connectivity index (χ0n) is 7.63. The van der Waals surface area contributed by atoms with E-state index in [0.717, 1.165) is 0 Å². The minimum atomic E-state index is -2.68. The minimum Gasteiger partial charge on any atom is -0.326 e. The van der Waals surface area contributed by atoms with Crippen LogP contribution in [0.1, 0.15) is 33.7 Å². The number of hydrogen-bond donors (Lipinski definition) is 1. The largest absolute Gasteiger partial charge is 0.326 e. The second-order valence-corrected chi connectivity index (χ2v) is 2.84. The molecule has 5 heteroatoms. The Hall–Kier alpha value is -1.36. The van der Waals surface area contributed by atoms with Gasteiger partial charge >= 0.3 is 0 Å². The molecule has 0 spiro atoms. The highest BCUT2D eigenvalue weighted by Gasteiger charge is 2.15. The molecule has 0 bridgehead atoms. The molecule has 2 N–H and O–H groups in total. The Morgan fingerprint density at radius 1 is 1.64 bits per heavy atom. The summed E-state index contributed by atoms with van der Waals surface area (Å²) in [6, 6.07) is 1.42. The number of nitrogens with two attached hydrogens (primary N) is 1. The van der Waals surface area contributed by atoms with Crippen LogP contribution in [0.5, 0.6) is 0 Å². The Morgan fingerprint density at radius 2 is 2.29 bits per heavy atom. The zero-order valence-corrected chi connectivity index (χ0v) is 7.63. The summed E-state index contributed by atoms with van der Waals surface area (Å²) in [6.45, 7) is 1.64. The predicted molar refractivity (Wildman–Crippen MR) is 47.2 cm³/mol. The lowest BCUT2D eigenvalue weighted by Gasteiger charge is -2.09. The molecule has 0 amide bonds. The van der Waals surface area contributed by atoms with Gasteiger partial charge in [0.2, 0.25) is 0 Å². The van der Waals surface area contributed by atoms with Crippen molar-refractivity contribution in [1.82, 2.24) is 4.98 Å². The van der Waals surface area contributed by atoms with E-state index in [9.17, 15) is 13.6 Å². The van der Waals surface area contributed by atoms with Crippen LogP contribution in [0, 0.1) is 6.92 Å². The number of aromatic nitrogens is 1. The van der Waals surface area contributed by atoms with E-state index in [0.29, 0.717) is 17.4 Å². The molecule has 0 aliphatic rings. The molecule has 0 atom stereocenters. The van der Waals surface area contributed by atoms with E-state index in [1.807, 2.05) is 0 Å². The lowest BCUT2D eigenvalue weighted by Crippen LogP contribution is -2.07. The van der Waals surface area contributed by atoms with Crippen LogP contribution in [0.3, 0.4) is 0 Å². The SMILES string of the molecule is Cc1c(CN)cc(C=O)nc1C(F)F. The van der Waals surface area contributed by atoms with E-state index in [-0.39, 0.29) is 17.9 Å². The fourth-order valence-corrected chi connectivity index (χ4v) is 1.19. The monoisotopic (exact) mass is 200 g/mol. The molecule has 14 heavy (non-hydrogen) atoms. The molecule has 0 unspecified atom stereocenters. The molecule has 0 aliphatic carbocycles. The maximum atomic E-state index is 12.4. The topological polar surface area (TPSA) is 56.0 Å². The number of hydrogen-bond acceptors (Lipinski definition) is 3. The second kappa shape index (κ2) is 4.23. The summed E-state index contributed by atoms with van der Waals surface area (Å²) in [4.78, 5) is 13.9. The molecule has 0 aliphatic heterocycles. The van der Waals surface area contributed by atoms with Crippen LogP contribution in [0.15, 0.2) is 6.07 Å². The first-order valence-corrected chi connectivity index (χ1v) is 4.04. The summed E-state index contributed by atoms with van der Waals surface area (Å²) < 4.78 is 24.9. The lowest BCUT2D eigenvalue weighted by molar-refractivity contribution is 0.111. The molecular weight excluding hydrogens is 190 g/mol. The van der Waals surface area contributed by atoms with Crippen molar-refractivity contribution in [2.75, 3.05) is 0 Å². The molecule has 0 saturated carbocycles. The summed E-state index contributed by atoms with van der Waals surface area (Å²) in [5, 5.41) is 0. The van der Waals surface area contributed by atoms with Gasteiger partial charge in [-0.1, -0.05) is 0 Å². The maximum absolute atomic E-state index is 12.4. The van der Waals surface area contributed by atoms with E-state index < -0.39 is 6.43 Å². The Kier molecular flexibility index (Phi) is 3.24. The number of alkyl halides is 2. The predicted octanol–water partition coefficient (Wildman–Crippen LogP) is 1.60. The molecule has 1 heterocycles. The van der Waals surface area contributed by atoms with Crippen LogP contribution in [-0.2, 0) is 6.54 Å². The number of pyridine rings is 1. The van der Waals surface area contributed by atoms with Gasteiger partial charge in [-0.2, -0.15) is 0 Å². The molecule has 1 aromatic heterocycles. The van der Waals surface area contributed by atoms with Gasteiger partial charge in [0.25, 0.3) is 6.43 Å². The maximum Gasteiger partial charge on any atom is 0.280 e. The Balaban J connectivity index is 3.34. The summed E-state index contributed by atoms with van der Waals surface area (Å²) in [7, 11) is 0. The van der Waals surface area contributed by atoms with Crippen molar-refractivity contribution in [3.05, 3.63) is 28.6 Å². The van der Waals surface area contributed by atoms with Crippen LogP contribution in [0.25, 0.3) is 0 Å². The number of nitrogens with zero attached hydrogens (tertiary/aromatic N) is 1. The van der Waals surface area contributed by atoms with Crippen LogP contribution in [0.2, 0.25) is 0 Å². The Bertz CT molecular complexity index is 353. The molecule has 1 aromatic rings. The minimum absolute atomic E-state index is 0.00801. The number of rotatable bonds is 3. The van der Waals surface area contributed by atoms with Crippen molar-refractivity contribution in [2.24, 2.45) is 5.73 Å². The molecule has 0 saturated heterocycles. The number of carbonyl (C=O) groups excluding carboxylic acids is 1. The molecule has 76 valence electrons. The molecule has 1 rings (SSSR count). The third-order valence-electron chi connectivity index (χ3n) is 1.98. The van der Waals surface area contributed by atoms with Gasteiger partial charge in [-0.15, -0.1) is 0 Å². The van der Waals surface area contributed by atoms with E-state index >= 15 is 0 Å². The molecule has 0 fully saturated rings. The number of carbonyl (C=O) groups is 1. The molecule has 0 radical (unpaired) electrons. The van der Waals surface area contributed by atoms with Gasteiger partial charge in [0, 0.05) is 6.54 Å². The molecular formula is C9H10F2N2O. The van der Waals surface area contributed by atoms with Gasteiger partial charge in [0.05, 0.1) is 0 Å². The Labute approximate surface area is 79.9 Å². The van der Waals surface area contributed by atoms with Crippen molar-refractivity contribution in [3.63, 3.8) is 0 Å². The van der Waals surface area contributed by atoms with Crippen LogP contribution in [-0.4, -0.2) is 11.3 Å². The third-order valence-corrected chi connectivity index (χ3v) is 1.98. The van der Waals surface area contributed by atoms with Gasteiger partial charge in [-0.05, 0) is 24.1 Å². The fraction of sp³-hybridized carbons (Fsp3) is 0.333. The Morgan fingerprint density at radius 3 is 2.71 bits per heavy atom. The first-order valence-electron chi connectivity index (χ1n) is 4.04. The van der Waals surface area contributed by atoms with Crippen molar-refractivity contribution in [3.8, 4) is 0 Å². The van der Waals surface area contributed by atoms with Crippen molar-refractivity contribution >= 4 is 6.29 Å². The third kappa shape index (κ3) is 1.93. The normalized spacial score (nSPS) is 10.6. The fourth-order valence-electron chi connectivity index (χ4n) is 1.19.